The van der Waals surface area contributed by atoms with E-state index in [1.165, 1.54) is 0 Å². The third kappa shape index (κ3) is 2.45. The van der Waals surface area contributed by atoms with E-state index in [1.54, 1.807) is 11.3 Å². The Balaban J connectivity index is 1.48. The average molecular weight is 357 g/mol. The molecular formula is C21H15N3OS. The van der Waals surface area contributed by atoms with Crippen molar-refractivity contribution < 1.29 is 4.79 Å². The van der Waals surface area contributed by atoms with Crippen LogP contribution < -0.4 is 5.32 Å². The summed E-state index contributed by atoms with van der Waals surface area (Å²) >= 11 is 1.56. The number of para-hydroxylation sites is 2. The molecule has 0 radical (unpaired) electrons. The number of aromatic nitrogens is 2. The first kappa shape index (κ1) is 15.1. The van der Waals surface area contributed by atoms with Gasteiger partial charge in [-0.3, -0.25) is 9.20 Å². The zero-order chi connectivity index (χ0) is 17.5. The Morgan fingerprint density at radius 2 is 1.81 bits per heavy atom. The topological polar surface area (TPSA) is 46.4 Å². The molecule has 0 spiro atoms. The van der Waals surface area contributed by atoms with Crippen LogP contribution in [0.4, 0.5) is 5.69 Å². The SMILES string of the molecule is O=C(Cc1csc2nc3ccccc3n12)Nc1cccc2ccccc12. The van der Waals surface area contributed by atoms with Crippen LogP contribution in [0.5, 0.6) is 0 Å². The number of imidazole rings is 1. The molecule has 2 heterocycles. The first-order valence-electron chi connectivity index (χ1n) is 8.41. The molecule has 5 aromatic rings. The van der Waals surface area contributed by atoms with Crippen molar-refractivity contribution in [3.05, 3.63) is 77.8 Å². The summed E-state index contributed by atoms with van der Waals surface area (Å²) in [4.78, 5) is 18.2. The molecule has 0 fully saturated rings. The van der Waals surface area contributed by atoms with Crippen molar-refractivity contribution in [2.45, 2.75) is 6.42 Å². The fourth-order valence-electron chi connectivity index (χ4n) is 3.35. The van der Waals surface area contributed by atoms with Gasteiger partial charge in [0.1, 0.15) is 0 Å². The Morgan fingerprint density at radius 1 is 1.00 bits per heavy atom. The number of nitrogens with one attached hydrogen (secondary N) is 1. The minimum Gasteiger partial charge on any atom is -0.325 e. The maximum absolute atomic E-state index is 12.7. The number of hydrogen-bond donors (Lipinski definition) is 1. The van der Waals surface area contributed by atoms with Crippen LogP contribution in [0.25, 0.3) is 26.8 Å². The molecule has 0 atom stereocenters. The number of hydrogen-bond acceptors (Lipinski definition) is 3. The second-order valence-electron chi connectivity index (χ2n) is 6.20. The molecule has 1 amide bonds. The zero-order valence-electron chi connectivity index (χ0n) is 13.8. The summed E-state index contributed by atoms with van der Waals surface area (Å²) in [5, 5.41) is 7.23. The molecule has 5 heteroatoms. The normalized spacial score (nSPS) is 11.4. The molecule has 0 aliphatic heterocycles. The van der Waals surface area contributed by atoms with Gasteiger partial charge >= 0.3 is 0 Å². The highest BCUT2D eigenvalue weighted by molar-refractivity contribution is 7.15. The fourth-order valence-corrected chi connectivity index (χ4v) is 4.25. The zero-order valence-corrected chi connectivity index (χ0v) is 14.7. The molecule has 0 saturated heterocycles. The quantitative estimate of drug-likeness (QED) is 0.500. The van der Waals surface area contributed by atoms with E-state index in [1.807, 2.05) is 72.1 Å². The third-order valence-electron chi connectivity index (χ3n) is 4.52. The maximum Gasteiger partial charge on any atom is 0.230 e. The van der Waals surface area contributed by atoms with Gasteiger partial charge in [-0.1, -0.05) is 48.5 Å². The summed E-state index contributed by atoms with van der Waals surface area (Å²) in [7, 11) is 0. The lowest BCUT2D eigenvalue weighted by atomic mass is 10.1. The van der Waals surface area contributed by atoms with E-state index in [2.05, 4.69) is 14.7 Å². The highest BCUT2D eigenvalue weighted by Gasteiger charge is 2.14. The number of rotatable bonds is 3. The first-order valence-corrected chi connectivity index (χ1v) is 9.29. The standard InChI is InChI=1S/C21H15N3OS/c25-20(22-17-10-5-7-14-6-1-2-8-16(14)17)12-15-13-26-21-23-18-9-3-4-11-19(18)24(15)21/h1-11,13H,12H2,(H,22,25). The van der Waals surface area contributed by atoms with Gasteiger partial charge in [-0.05, 0) is 23.6 Å². The first-order chi connectivity index (χ1) is 12.8. The van der Waals surface area contributed by atoms with Gasteiger partial charge in [0.05, 0.1) is 17.5 Å². The van der Waals surface area contributed by atoms with Crippen LogP contribution in [0.1, 0.15) is 5.69 Å². The van der Waals surface area contributed by atoms with Crippen molar-refractivity contribution in [1.29, 1.82) is 0 Å². The van der Waals surface area contributed by atoms with Gasteiger partial charge in [0, 0.05) is 22.1 Å². The van der Waals surface area contributed by atoms with Crippen molar-refractivity contribution >= 4 is 49.7 Å². The molecule has 0 bridgehead atoms. The third-order valence-corrected chi connectivity index (χ3v) is 5.40. The van der Waals surface area contributed by atoms with E-state index >= 15 is 0 Å². The maximum atomic E-state index is 12.7. The highest BCUT2D eigenvalue weighted by Crippen LogP contribution is 2.25. The van der Waals surface area contributed by atoms with Gasteiger partial charge in [-0.25, -0.2) is 4.98 Å². The van der Waals surface area contributed by atoms with E-state index in [-0.39, 0.29) is 5.91 Å². The van der Waals surface area contributed by atoms with Crippen LogP contribution in [0, 0.1) is 0 Å². The number of carbonyl (C=O) groups is 1. The number of thiazole rings is 1. The van der Waals surface area contributed by atoms with Crippen molar-refractivity contribution in [2.75, 3.05) is 5.32 Å². The van der Waals surface area contributed by atoms with E-state index in [0.717, 1.165) is 38.1 Å². The minimum absolute atomic E-state index is 0.0289. The second kappa shape index (κ2) is 5.97. The summed E-state index contributed by atoms with van der Waals surface area (Å²) in [6, 6.07) is 22.0. The van der Waals surface area contributed by atoms with Crippen LogP contribution in [-0.4, -0.2) is 15.3 Å². The summed E-state index contributed by atoms with van der Waals surface area (Å²) in [5.74, 6) is -0.0289. The largest absolute Gasteiger partial charge is 0.325 e. The monoisotopic (exact) mass is 357 g/mol. The Kier molecular flexibility index (Phi) is 3.47. The molecule has 5 rings (SSSR count). The number of nitrogens with zero attached hydrogens (tertiary/aromatic N) is 2. The van der Waals surface area contributed by atoms with Gasteiger partial charge in [0.25, 0.3) is 0 Å². The van der Waals surface area contributed by atoms with E-state index < -0.39 is 0 Å². The fraction of sp³-hybridized carbons (Fsp3) is 0.0476. The Morgan fingerprint density at radius 3 is 2.77 bits per heavy atom. The van der Waals surface area contributed by atoms with Gasteiger partial charge in [0.15, 0.2) is 4.96 Å². The number of anilines is 1. The molecule has 2 aromatic heterocycles. The number of carbonyl (C=O) groups excluding carboxylic acids is 1. The summed E-state index contributed by atoms with van der Waals surface area (Å²) < 4.78 is 2.07. The second-order valence-corrected chi connectivity index (χ2v) is 7.03. The van der Waals surface area contributed by atoms with Crippen molar-refractivity contribution in [1.82, 2.24) is 9.38 Å². The molecule has 1 N–H and O–H groups in total. The number of benzene rings is 3. The molecule has 0 aliphatic carbocycles. The average Bonchev–Trinajstić information content (AvgIpc) is 3.22. The summed E-state index contributed by atoms with van der Waals surface area (Å²) in [6.07, 6.45) is 0.309. The van der Waals surface area contributed by atoms with E-state index in [4.69, 9.17) is 0 Å². The summed E-state index contributed by atoms with van der Waals surface area (Å²) in [6.45, 7) is 0. The van der Waals surface area contributed by atoms with Crippen LogP contribution in [0.2, 0.25) is 0 Å². The van der Waals surface area contributed by atoms with Crippen LogP contribution in [-0.2, 0) is 11.2 Å². The lowest BCUT2D eigenvalue weighted by Crippen LogP contribution is -2.15. The molecule has 0 saturated carbocycles. The summed E-state index contributed by atoms with van der Waals surface area (Å²) in [5.41, 5.74) is 3.79. The Bertz CT molecular complexity index is 1260. The molecule has 0 aliphatic rings. The highest BCUT2D eigenvalue weighted by atomic mass is 32.1. The van der Waals surface area contributed by atoms with Crippen molar-refractivity contribution in [3.8, 4) is 0 Å². The molecule has 26 heavy (non-hydrogen) atoms. The Labute approximate surface area is 153 Å². The van der Waals surface area contributed by atoms with Crippen LogP contribution in [0.3, 0.4) is 0 Å². The van der Waals surface area contributed by atoms with Gasteiger partial charge < -0.3 is 5.32 Å². The van der Waals surface area contributed by atoms with Crippen molar-refractivity contribution in [3.63, 3.8) is 0 Å². The molecule has 126 valence electrons. The molecule has 3 aromatic carbocycles. The molecule has 4 nitrogen and oxygen atoms in total. The van der Waals surface area contributed by atoms with Gasteiger partial charge in [-0.2, -0.15) is 0 Å². The van der Waals surface area contributed by atoms with E-state index in [0.29, 0.717) is 6.42 Å². The van der Waals surface area contributed by atoms with Crippen LogP contribution >= 0.6 is 11.3 Å². The van der Waals surface area contributed by atoms with Crippen molar-refractivity contribution in [2.24, 2.45) is 0 Å². The molecule has 0 unspecified atom stereocenters. The number of fused-ring (bicyclic) bond motifs is 4. The Hall–Kier alpha value is -3.18. The minimum atomic E-state index is -0.0289. The predicted molar refractivity (Wildman–Crippen MR) is 107 cm³/mol. The lowest BCUT2D eigenvalue weighted by molar-refractivity contribution is -0.115. The molecular weight excluding hydrogens is 342 g/mol. The van der Waals surface area contributed by atoms with Crippen LogP contribution in [0.15, 0.2) is 72.1 Å². The smallest absolute Gasteiger partial charge is 0.230 e. The van der Waals surface area contributed by atoms with E-state index in [9.17, 15) is 4.79 Å². The lowest BCUT2D eigenvalue weighted by Gasteiger charge is -2.08. The van der Waals surface area contributed by atoms with Gasteiger partial charge in [0.2, 0.25) is 5.91 Å². The predicted octanol–water partition coefficient (Wildman–Crippen LogP) is 4.88. The van der Waals surface area contributed by atoms with Gasteiger partial charge in [-0.15, -0.1) is 11.3 Å². The number of amides is 1.